The molecule has 0 atom stereocenters. The zero-order valence-corrected chi connectivity index (χ0v) is 12.1. The average Bonchev–Trinajstić information content (AvgIpc) is 2.28. The third-order valence-electron chi connectivity index (χ3n) is 2.15. The number of carbonyl (C=O) groups excluding carboxylic acids is 1. The third-order valence-corrected chi connectivity index (χ3v) is 2.82. The molecule has 0 unspecified atom stereocenters. The summed E-state index contributed by atoms with van der Waals surface area (Å²) in [6.45, 7) is 5.29. The van der Waals surface area contributed by atoms with Gasteiger partial charge in [0.1, 0.15) is 5.71 Å². The van der Waals surface area contributed by atoms with Crippen LogP contribution in [0.3, 0.4) is 0 Å². The van der Waals surface area contributed by atoms with Gasteiger partial charge in [0.15, 0.2) is 11.5 Å². The number of rotatable bonds is 2. The first-order valence-electron chi connectivity index (χ1n) is 5.36. The highest BCUT2D eigenvalue weighted by atomic mass is 35.5. The fraction of sp³-hybridized carbons (Fsp3) is 0.333. The van der Waals surface area contributed by atoms with Gasteiger partial charge in [0.05, 0.1) is 10.0 Å². The molecule has 1 amide bonds. The van der Waals surface area contributed by atoms with E-state index in [1.165, 1.54) is 0 Å². The van der Waals surface area contributed by atoms with Crippen molar-refractivity contribution in [2.45, 2.75) is 26.3 Å². The lowest BCUT2D eigenvalue weighted by molar-refractivity contribution is -0.116. The number of hydrogen-bond acceptors (Lipinski definition) is 4. The van der Waals surface area contributed by atoms with Crippen LogP contribution >= 0.6 is 23.2 Å². The Kier molecular flexibility index (Phi) is 4.32. The summed E-state index contributed by atoms with van der Waals surface area (Å²) in [5.41, 5.74) is -1.01. The van der Waals surface area contributed by atoms with Crippen molar-refractivity contribution in [2.75, 3.05) is 0 Å². The molecule has 0 bridgehead atoms. The van der Waals surface area contributed by atoms with Gasteiger partial charge >= 0.3 is 0 Å². The predicted octanol–water partition coefficient (Wildman–Crippen LogP) is 2.69. The van der Waals surface area contributed by atoms with Gasteiger partial charge in [-0.05, 0) is 26.8 Å². The second-order valence-corrected chi connectivity index (χ2v) is 5.78. The first kappa shape index (κ1) is 15.6. The Hall–Kier alpha value is -1.46. The molecule has 0 radical (unpaired) electrons. The molecule has 1 aromatic carbocycles. The number of aromatic hydroxyl groups is 2. The molecular formula is C12H14Cl2N2O3. The van der Waals surface area contributed by atoms with Crippen LogP contribution in [-0.4, -0.2) is 27.4 Å². The highest BCUT2D eigenvalue weighted by molar-refractivity contribution is 6.49. The van der Waals surface area contributed by atoms with Gasteiger partial charge in [-0.1, -0.05) is 23.2 Å². The van der Waals surface area contributed by atoms with E-state index >= 15 is 0 Å². The Morgan fingerprint density at radius 3 is 2.26 bits per heavy atom. The molecule has 0 aliphatic carbocycles. The predicted molar refractivity (Wildman–Crippen MR) is 74.5 cm³/mol. The zero-order valence-electron chi connectivity index (χ0n) is 10.6. The second-order valence-electron chi connectivity index (χ2n) is 5.00. The lowest BCUT2D eigenvalue weighted by Crippen LogP contribution is -2.44. The molecule has 0 aliphatic heterocycles. The molecular weight excluding hydrogens is 291 g/mol. The minimum Gasteiger partial charge on any atom is -0.503 e. The van der Waals surface area contributed by atoms with Crippen molar-refractivity contribution in [3.8, 4) is 11.5 Å². The molecule has 5 nitrogen and oxygen atoms in total. The van der Waals surface area contributed by atoms with E-state index in [0.717, 1.165) is 6.07 Å². The summed E-state index contributed by atoms with van der Waals surface area (Å²) >= 11 is 11.5. The van der Waals surface area contributed by atoms with Crippen LogP contribution in [0.1, 0.15) is 26.3 Å². The lowest BCUT2D eigenvalue weighted by atomic mass is 10.1. The summed E-state index contributed by atoms with van der Waals surface area (Å²) in [5.74, 6) is -1.90. The quantitative estimate of drug-likeness (QED) is 0.500. The number of nitrogens with one attached hydrogen (secondary N) is 2. The Balaban J connectivity index is 3.18. The molecule has 0 heterocycles. The van der Waals surface area contributed by atoms with Crippen LogP contribution in [0.2, 0.25) is 10.0 Å². The maximum atomic E-state index is 11.8. The van der Waals surface area contributed by atoms with Crippen LogP contribution in [0.25, 0.3) is 0 Å². The van der Waals surface area contributed by atoms with Crippen molar-refractivity contribution in [3.05, 3.63) is 21.7 Å². The Bertz CT molecular complexity index is 551. The van der Waals surface area contributed by atoms with Gasteiger partial charge in [-0.15, -0.1) is 0 Å². The lowest BCUT2D eigenvalue weighted by Gasteiger charge is -2.21. The van der Waals surface area contributed by atoms with Gasteiger partial charge in [0.2, 0.25) is 0 Å². The van der Waals surface area contributed by atoms with Crippen molar-refractivity contribution >= 4 is 34.8 Å². The fourth-order valence-electron chi connectivity index (χ4n) is 1.31. The highest BCUT2D eigenvalue weighted by Crippen LogP contribution is 2.41. The van der Waals surface area contributed by atoms with Crippen LogP contribution in [0.15, 0.2) is 6.07 Å². The van der Waals surface area contributed by atoms with Crippen LogP contribution in [0.4, 0.5) is 0 Å². The van der Waals surface area contributed by atoms with Crippen molar-refractivity contribution < 1.29 is 15.0 Å². The number of hydrogen-bond donors (Lipinski definition) is 4. The Labute approximate surface area is 120 Å². The summed E-state index contributed by atoms with van der Waals surface area (Å²) in [5, 5.41) is 28.8. The number of phenolic OH excluding ortho intramolecular Hbond substituents is 2. The minimum absolute atomic E-state index is 0.0521. The Morgan fingerprint density at radius 2 is 1.79 bits per heavy atom. The van der Waals surface area contributed by atoms with Crippen LogP contribution < -0.4 is 5.32 Å². The van der Waals surface area contributed by atoms with Gasteiger partial charge in [-0.3, -0.25) is 10.2 Å². The molecule has 0 spiro atoms. The summed E-state index contributed by atoms with van der Waals surface area (Å²) in [6.07, 6.45) is 0. The largest absolute Gasteiger partial charge is 0.503 e. The third kappa shape index (κ3) is 3.52. The van der Waals surface area contributed by atoms with E-state index in [4.69, 9.17) is 28.6 Å². The van der Waals surface area contributed by atoms with E-state index in [9.17, 15) is 15.0 Å². The summed E-state index contributed by atoms with van der Waals surface area (Å²) in [7, 11) is 0. The Morgan fingerprint density at radius 1 is 1.26 bits per heavy atom. The maximum Gasteiger partial charge on any atom is 0.270 e. The van der Waals surface area contributed by atoms with Gasteiger partial charge in [-0.2, -0.15) is 0 Å². The molecule has 7 heteroatoms. The summed E-state index contributed by atoms with van der Waals surface area (Å²) in [4.78, 5) is 11.8. The molecule has 1 rings (SSSR count). The van der Waals surface area contributed by atoms with Crippen molar-refractivity contribution in [1.29, 1.82) is 5.41 Å². The smallest absolute Gasteiger partial charge is 0.270 e. The molecule has 4 N–H and O–H groups in total. The van der Waals surface area contributed by atoms with Crippen molar-refractivity contribution in [1.82, 2.24) is 5.32 Å². The first-order chi connectivity index (χ1) is 8.54. The molecule has 0 saturated carbocycles. The van der Waals surface area contributed by atoms with Crippen molar-refractivity contribution in [2.24, 2.45) is 0 Å². The number of carbonyl (C=O) groups is 1. The highest BCUT2D eigenvalue weighted by Gasteiger charge is 2.24. The molecule has 0 saturated heterocycles. The first-order valence-corrected chi connectivity index (χ1v) is 6.11. The van der Waals surface area contributed by atoms with E-state index in [2.05, 4.69) is 5.32 Å². The van der Waals surface area contributed by atoms with Gasteiger partial charge in [0.25, 0.3) is 5.91 Å². The van der Waals surface area contributed by atoms with Gasteiger partial charge in [-0.25, -0.2) is 0 Å². The molecule has 1 aromatic rings. The van der Waals surface area contributed by atoms with E-state index in [1.54, 1.807) is 20.8 Å². The molecule has 104 valence electrons. The van der Waals surface area contributed by atoms with Crippen LogP contribution in [-0.2, 0) is 4.79 Å². The molecule has 19 heavy (non-hydrogen) atoms. The van der Waals surface area contributed by atoms with Crippen LogP contribution in [0.5, 0.6) is 11.5 Å². The number of halogens is 2. The standard InChI is InChI=1S/C12H14Cl2N2O3/c1-12(2,3)16-11(19)8(15)5-4-6(13)9(17)10(18)7(5)14/h4,15,17-18H,1-3H3,(H,16,19). The van der Waals surface area contributed by atoms with E-state index < -0.39 is 28.7 Å². The fourth-order valence-corrected chi connectivity index (χ4v) is 1.75. The zero-order chi connectivity index (χ0) is 15.0. The van der Waals surface area contributed by atoms with Crippen molar-refractivity contribution in [3.63, 3.8) is 0 Å². The van der Waals surface area contributed by atoms with Gasteiger partial charge in [0, 0.05) is 11.1 Å². The van der Waals surface area contributed by atoms with Gasteiger partial charge < -0.3 is 15.5 Å². The minimum atomic E-state index is -0.657. The number of amides is 1. The molecule has 0 aromatic heterocycles. The average molecular weight is 305 g/mol. The number of benzene rings is 1. The second kappa shape index (κ2) is 5.27. The molecule has 0 fully saturated rings. The SMILES string of the molecule is CC(C)(C)NC(=O)C(=N)c1cc(Cl)c(O)c(O)c1Cl. The van der Waals surface area contributed by atoms with Crippen LogP contribution in [0, 0.1) is 5.41 Å². The molecule has 0 aliphatic rings. The summed E-state index contributed by atoms with van der Waals surface area (Å²) in [6, 6.07) is 1.16. The monoisotopic (exact) mass is 304 g/mol. The normalized spacial score (nSPS) is 11.2. The maximum absolute atomic E-state index is 11.8. The number of phenols is 2. The summed E-state index contributed by atoms with van der Waals surface area (Å²) < 4.78 is 0. The van der Waals surface area contributed by atoms with E-state index in [0.29, 0.717) is 0 Å². The van der Waals surface area contributed by atoms with E-state index in [-0.39, 0.29) is 15.6 Å². The topological polar surface area (TPSA) is 93.4 Å². The van der Waals surface area contributed by atoms with E-state index in [1.807, 2.05) is 0 Å².